The summed E-state index contributed by atoms with van der Waals surface area (Å²) in [4.78, 5) is 2.36. The van der Waals surface area contributed by atoms with Gasteiger partial charge in [0.2, 0.25) is 11.8 Å². The summed E-state index contributed by atoms with van der Waals surface area (Å²) in [6, 6.07) is 46.1. The van der Waals surface area contributed by atoms with Crippen LogP contribution in [0.4, 0.5) is 43.4 Å². The zero-order valence-electron chi connectivity index (χ0n) is 32.3. The van der Waals surface area contributed by atoms with Crippen LogP contribution in [0.1, 0.15) is 20.9 Å². The quantitative estimate of drug-likeness (QED) is 0.143. The van der Waals surface area contributed by atoms with Crippen LogP contribution in [0.25, 0.3) is 65.4 Å². The maximum Gasteiger partial charge on any atom is 0.380 e. The van der Waals surface area contributed by atoms with E-state index in [2.05, 4.69) is 10.2 Å². The third-order valence-electron chi connectivity index (χ3n) is 11.1. The molecular formula is C49H31F6N3OS2. The number of benzene rings is 6. The fourth-order valence-corrected chi connectivity index (χ4v) is 10.4. The lowest BCUT2D eigenvalue weighted by Crippen LogP contribution is -2.48. The molecular weight excluding hydrogens is 825 g/mol. The maximum atomic E-state index is 16.4. The number of anilines is 3. The summed E-state index contributed by atoms with van der Waals surface area (Å²) in [5.74, 6) is -15.8. The molecule has 0 spiro atoms. The van der Waals surface area contributed by atoms with E-state index in [0.717, 1.165) is 45.2 Å². The number of para-hydroxylation sites is 2. The number of nitrogens with zero attached hydrogens (tertiary/aromatic N) is 3. The van der Waals surface area contributed by atoms with E-state index < -0.39 is 28.9 Å². The Labute approximate surface area is 353 Å². The molecule has 1 aliphatic carbocycles. The predicted molar refractivity (Wildman–Crippen MR) is 234 cm³/mol. The van der Waals surface area contributed by atoms with E-state index >= 15 is 26.3 Å². The first-order valence-electron chi connectivity index (χ1n) is 19.2. The minimum atomic E-state index is -5.72. The van der Waals surface area contributed by atoms with Gasteiger partial charge in [-0.3, -0.25) is 0 Å². The molecule has 6 aromatic carbocycles. The van der Waals surface area contributed by atoms with Crippen LogP contribution in [0.15, 0.2) is 156 Å². The van der Waals surface area contributed by atoms with E-state index in [4.69, 9.17) is 4.42 Å². The monoisotopic (exact) mass is 855 g/mol. The minimum Gasteiger partial charge on any atom is -0.416 e. The van der Waals surface area contributed by atoms with Crippen molar-refractivity contribution < 1.29 is 30.8 Å². The van der Waals surface area contributed by atoms with Crippen LogP contribution < -0.4 is 4.90 Å². The Balaban J connectivity index is 1.08. The summed E-state index contributed by atoms with van der Waals surface area (Å²) < 4.78 is 104. The van der Waals surface area contributed by atoms with Crippen molar-refractivity contribution >= 4 is 71.1 Å². The Bertz CT molecular complexity index is 3100. The Morgan fingerprint density at radius 2 is 0.885 bits per heavy atom. The van der Waals surface area contributed by atoms with Crippen LogP contribution in [-0.2, 0) is 0 Å². The van der Waals surface area contributed by atoms with Gasteiger partial charge in [-0.25, -0.2) is 0 Å². The topological polar surface area (TPSA) is 42.2 Å². The fraction of sp³-hybridized carbons (Fsp3) is 0.102. The smallest absolute Gasteiger partial charge is 0.380 e. The highest BCUT2D eigenvalue weighted by atomic mass is 32.1. The lowest BCUT2D eigenvalue weighted by atomic mass is 9.91. The van der Waals surface area contributed by atoms with Gasteiger partial charge in [0, 0.05) is 80.4 Å². The molecule has 0 fully saturated rings. The third kappa shape index (κ3) is 6.10. The highest BCUT2D eigenvalue weighted by Crippen LogP contribution is 2.67. The normalized spacial score (nSPS) is 15.5. The van der Waals surface area contributed by atoms with E-state index in [1.54, 1.807) is 24.3 Å². The summed E-state index contributed by atoms with van der Waals surface area (Å²) in [6.45, 7) is 2.98. The number of thiophene rings is 2. The van der Waals surface area contributed by atoms with E-state index in [1.807, 2.05) is 120 Å². The van der Waals surface area contributed by atoms with Gasteiger partial charge in [0.25, 0.3) is 0 Å². The molecule has 0 N–H and O–H groups in total. The molecule has 0 aliphatic heterocycles. The lowest BCUT2D eigenvalue weighted by Gasteiger charge is -2.26. The molecule has 1 aliphatic rings. The van der Waals surface area contributed by atoms with Gasteiger partial charge in [-0.15, -0.1) is 32.9 Å². The standard InChI is InChI=1S/C49H31F6N3OS2/c1-28-41(37-24-22-33(26-39(37)60-28)46-57-56-45(59-46)32-20-18-31(19-21-32)30-12-6-3-7-13-30)43-44(48(52,53)49(54,55)47(43,50)51)42-29(2)61-40-27-36(23-25-38(40)42)58(34-14-8-4-9-15-34)35-16-10-5-11-17-35/h3-27H,1-2H3. The number of fused-ring (bicyclic) bond motifs is 2. The lowest BCUT2D eigenvalue weighted by molar-refractivity contribution is -0.254. The summed E-state index contributed by atoms with van der Waals surface area (Å²) in [7, 11) is 0. The van der Waals surface area contributed by atoms with Crippen molar-refractivity contribution in [1.29, 1.82) is 0 Å². The minimum absolute atomic E-state index is 0.129. The van der Waals surface area contributed by atoms with Gasteiger partial charge in [0.1, 0.15) is 0 Å². The van der Waals surface area contributed by atoms with Crippen LogP contribution in [-0.4, -0.2) is 28.0 Å². The number of alkyl halides is 6. The molecule has 0 atom stereocenters. The van der Waals surface area contributed by atoms with Gasteiger partial charge >= 0.3 is 17.8 Å². The van der Waals surface area contributed by atoms with Gasteiger partial charge < -0.3 is 9.32 Å². The van der Waals surface area contributed by atoms with Crippen LogP contribution in [0.2, 0.25) is 0 Å². The highest BCUT2D eigenvalue weighted by Gasteiger charge is 2.80. The molecule has 302 valence electrons. The number of allylic oxidation sites excluding steroid dienone is 2. The molecule has 4 nitrogen and oxygen atoms in total. The van der Waals surface area contributed by atoms with Crippen molar-refractivity contribution in [2.45, 2.75) is 31.6 Å². The zero-order chi connectivity index (χ0) is 42.3. The van der Waals surface area contributed by atoms with Crippen LogP contribution in [0.5, 0.6) is 0 Å². The van der Waals surface area contributed by atoms with Crippen molar-refractivity contribution in [3.05, 3.63) is 173 Å². The molecule has 3 heterocycles. The number of aromatic nitrogens is 2. The zero-order valence-corrected chi connectivity index (χ0v) is 33.9. The average Bonchev–Trinajstić information content (AvgIpc) is 3.99. The molecule has 0 amide bonds. The van der Waals surface area contributed by atoms with E-state index in [-0.39, 0.29) is 43.4 Å². The summed E-state index contributed by atoms with van der Waals surface area (Å²) in [5, 5.41) is 8.73. The van der Waals surface area contributed by atoms with Crippen LogP contribution in [0, 0.1) is 13.8 Å². The van der Waals surface area contributed by atoms with Crippen molar-refractivity contribution in [2.75, 3.05) is 4.90 Å². The second kappa shape index (κ2) is 14.3. The van der Waals surface area contributed by atoms with Gasteiger partial charge in [-0.05, 0) is 85.6 Å². The number of aryl methyl sites for hydroxylation is 2. The van der Waals surface area contributed by atoms with E-state index in [1.165, 1.54) is 26.0 Å². The first kappa shape index (κ1) is 38.7. The Kier molecular flexibility index (Phi) is 9.08. The molecule has 0 bridgehead atoms. The number of hydrogen-bond acceptors (Lipinski definition) is 6. The van der Waals surface area contributed by atoms with Gasteiger partial charge in [-0.2, -0.15) is 26.3 Å². The third-order valence-corrected chi connectivity index (χ3v) is 13.2. The molecule has 0 radical (unpaired) electrons. The number of hydrogen-bond donors (Lipinski definition) is 0. The summed E-state index contributed by atoms with van der Waals surface area (Å²) in [5.41, 5.74) is 2.09. The number of halogens is 6. The second-order valence-electron chi connectivity index (χ2n) is 14.8. The van der Waals surface area contributed by atoms with Crippen molar-refractivity contribution in [2.24, 2.45) is 0 Å². The Morgan fingerprint density at radius 3 is 1.43 bits per heavy atom. The van der Waals surface area contributed by atoms with Crippen molar-refractivity contribution in [3.8, 4) is 34.0 Å². The number of rotatable bonds is 8. The molecule has 61 heavy (non-hydrogen) atoms. The van der Waals surface area contributed by atoms with Crippen molar-refractivity contribution in [1.82, 2.24) is 10.2 Å². The van der Waals surface area contributed by atoms with Gasteiger partial charge in [0.15, 0.2) is 0 Å². The fourth-order valence-electron chi connectivity index (χ4n) is 8.20. The molecule has 3 aromatic heterocycles. The molecule has 12 heteroatoms. The molecule has 0 unspecified atom stereocenters. The van der Waals surface area contributed by atoms with Crippen molar-refractivity contribution in [3.63, 3.8) is 0 Å². The van der Waals surface area contributed by atoms with Crippen LogP contribution >= 0.6 is 22.7 Å². The van der Waals surface area contributed by atoms with E-state index in [9.17, 15) is 0 Å². The molecule has 9 aromatic rings. The molecule has 10 rings (SSSR count). The predicted octanol–water partition coefficient (Wildman–Crippen LogP) is 15.4. The summed E-state index contributed by atoms with van der Waals surface area (Å²) in [6.07, 6.45) is 0. The Morgan fingerprint density at radius 1 is 0.459 bits per heavy atom. The highest BCUT2D eigenvalue weighted by molar-refractivity contribution is 7.19. The molecule has 0 saturated carbocycles. The Hall–Kier alpha value is -6.50. The average molecular weight is 856 g/mol. The first-order valence-corrected chi connectivity index (χ1v) is 20.8. The second-order valence-corrected chi connectivity index (χ2v) is 17.3. The van der Waals surface area contributed by atoms with Crippen LogP contribution in [0.3, 0.4) is 0 Å². The maximum absolute atomic E-state index is 16.4. The van der Waals surface area contributed by atoms with Gasteiger partial charge in [0.05, 0.1) is 0 Å². The molecule has 0 saturated heterocycles. The van der Waals surface area contributed by atoms with Gasteiger partial charge in [-0.1, -0.05) is 91.0 Å². The SMILES string of the molecule is Cc1sc2cc(-c3nnc(-c4ccc(-c5ccccc5)cc4)o3)ccc2c1C1=C(c2c(C)sc3cc(N(c4ccccc4)c4ccccc4)ccc23)C(F)(F)C(F)(F)C1(F)F. The largest absolute Gasteiger partial charge is 0.416 e. The van der Waals surface area contributed by atoms with E-state index in [0.29, 0.717) is 26.2 Å². The first-order chi connectivity index (χ1) is 29.3. The summed E-state index contributed by atoms with van der Waals surface area (Å²) >= 11 is 2.13.